The minimum Gasteiger partial charge on any atom is -0.508 e. The lowest BCUT2D eigenvalue weighted by Crippen LogP contribution is -2.04. The van der Waals surface area contributed by atoms with Gasteiger partial charge >= 0.3 is 0 Å². The molecule has 0 aliphatic carbocycles. The summed E-state index contributed by atoms with van der Waals surface area (Å²) >= 11 is 0. The van der Waals surface area contributed by atoms with Crippen molar-refractivity contribution in [2.45, 2.75) is 20.0 Å². The summed E-state index contributed by atoms with van der Waals surface area (Å²) in [7, 11) is 1.94. The molecule has 1 aromatic heterocycles. The van der Waals surface area contributed by atoms with E-state index in [2.05, 4.69) is 23.0 Å². The Labute approximate surface area is 89.3 Å². The van der Waals surface area contributed by atoms with E-state index < -0.39 is 0 Å². The number of hydrogen-bond donors (Lipinski definition) is 2. The van der Waals surface area contributed by atoms with Gasteiger partial charge in [-0.15, -0.1) is 0 Å². The van der Waals surface area contributed by atoms with E-state index >= 15 is 0 Å². The first-order chi connectivity index (χ1) is 7.26. The first-order valence-electron chi connectivity index (χ1n) is 5.21. The predicted octanol–water partition coefficient (Wildman–Crippen LogP) is 2.09. The van der Waals surface area contributed by atoms with Gasteiger partial charge in [0.1, 0.15) is 5.75 Å². The maximum absolute atomic E-state index is 9.46. The summed E-state index contributed by atoms with van der Waals surface area (Å²) in [6.07, 6.45) is 2.14. The lowest BCUT2D eigenvalue weighted by molar-refractivity contribution is 0.476. The average molecular weight is 204 g/mol. The van der Waals surface area contributed by atoms with E-state index in [1.807, 2.05) is 19.2 Å². The molecule has 2 N–H and O–H groups in total. The van der Waals surface area contributed by atoms with Gasteiger partial charge in [0.2, 0.25) is 0 Å². The molecule has 15 heavy (non-hydrogen) atoms. The molecule has 0 aliphatic heterocycles. The van der Waals surface area contributed by atoms with Crippen molar-refractivity contribution in [3.05, 3.63) is 30.0 Å². The minimum absolute atomic E-state index is 0.325. The zero-order valence-corrected chi connectivity index (χ0v) is 9.12. The van der Waals surface area contributed by atoms with Gasteiger partial charge in [0, 0.05) is 30.7 Å². The molecule has 80 valence electrons. The highest BCUT2D eigenvalue weighted by molar-refractivity contribution is 5.85. The molecule has 3 heteroatoms. The molecule has 0 amide bonds. The van der Waals surface area contributed by atoms with Gasteiger partial charge in [-0.1, -0.05) is 0 Å². The summed E-state index contributed by atoms with van der Waals surface area (Å²) in [5, 5.41) is 13.8. The Morgan fingerprint density at radius 2 is 2.20 bits per heavy atom. The van der Waals surface area contributed by atoms with Crippen LogP contribution in [-0.2, 0) is 13.1 Å². The van der Waals surface area contributed by atoms with Gasteiger partial charge in [-0.25, -0.2) is 0 Å². The average Bonchev–Trinajstić information content (AvgIpc) is 2.56. The van der Waals surface area contributed by atoms with Crippen LogP contribution in [0.15, 0.2) is 24.4 Å². The molecule has 0 spiro atoms. The van der Waals surface area contributed by atoms with Crippen molar-refractivity contribution in [1.29, 1.82) is 0 Å². The van der Waals surface area contributed by atoms with Gasteiger partial charge in [0.15, 0.2) is 0 Å². The number of phenolic OH excluding ortho intramolecular Hbond substituents is 1. The van der Waals surface area contributed by atoms with Crippen molar-refractivity contribution in [2.75, 3.05) is 7.05 Å². The number of hydrogen-bond acceptors (Lipinski definition) is 2. The van der Waals surface area contributed by atoms with E-state index in [-0.39, 0.29) is 0 Å². The maximum Gasteiger partial charge on any atom is 0.117 e. The van der Waals surface area contributed by atoms with Gasteiger partial charge in [0.25, 0.3) is 0 Å². The molecular formula is C12H16N2O. The van der Waals surface area contributed by atoms with Gasteiger partial charge < -0.3 is 15.0 Å². The second-order valence-corrected chi connectivity index (χ2v) is 3.67. The number of nitrogens with zero attached hydrogens (tertiary/aromatic N) is 1. The fraction of sp³-hybridized carbons (Fsp3) is 0.333. The van der Waals surface area contributed by atoms with Crippen LogP contribution in [0.1, 0.15) is 12.5 Å². The Morgan fingerprint density at radius 1 is 1.40 bits per heavy atom. The maximum atomic E-state index is 9.46. The number of benzene rings is 1. The lowest BCUT2D eigenvalue weighted by atomic mass is 10.1. The summed E-state index contributed by atoms with van der Waals surface area (Å²) in [6, 6.07) is 5.53. The highest BCUT2D eigenvalue weighted by Crippen LogP contribution is 2.25. The zero-order valence-electron chi connectivity index (χ0n) is 9.12. The number of aryl methyl sites for hydroxylation is 1. The molecule has 1 aromatic carbocycles. The van der Waals surface area contributed by atoms with Crippen LogP contribution in [0, 0.1) is 0 Å². The van der Waals surface area contributed by atoms with Crippen molar-refractivity contribution in [1.82, 2.24) is 9.88 Å². The Kier molecular flexibility index (Phi) is 2.64. The summed E-state index contributed by atoms with van der Waals surface area (Å²) in [4.78, 5) is 0. The zero-order chi connectivity index (χ0) is 10.8. The second kappa shape index (κ2) is 3.95. The smallest absolute Gasteiger partial charge is 0.117 e. The molecule has 0 unspecified atom stereocenters. The van der Waals surface area contributed by atoms with Gasteiger partial charge in [-0.2, -0.15) is 0 Å². The number of nitrogens with one attached hydrogen (secondary N) is 1. The fourth-order valence-corrected chi connectivity index (χ4v) is 1.95. The molecule has 2 aromatic rings. The molecule has 3 nitrogen and oxygen atoms in total. The van der Waals surface area contributed by atoms with Gasteiger partial charge in [0.05, 0.1) is 5.52 Å². The largest absolute Gasteiger partial charge is 0.508 e. The third kappa shape index (κ3) is 1.70. The number of rotatable bonds is 3. The van der Waals surface area contributed by atoms with E-state index in [9.17, 15) is 5.11 Å². The fourth-order valence-electron chi connectivity index (χ4n) is 1.95. The van der Waals surface area contributed by atoms with Crippen molar-refractivity contribution >= 4 is 10.9 Å². The van der Waals surface area contributed by atoms with E-state index in [4.69, 9.17) is 0 Å². The van der Waals surface area contributed by atoms with Crippen molar-refractivity contribution in [3.63, 3.8) is 0 Å². The topological polar surface area (TPSA) is 37.2 Å². The summed E-state index contributed by atoms with van der Waals surface area (Å²) in [6.45, 7) is 3.88. The van der Waals surface area contributed by atoms with Crippen LogP contribution in [0.5, 0.6) is 5.75 Å². The van der Waals surface area contributed by atoms with E-state index in [1.54, 1.807) is 6.07 Å². The molecule has 2 rings (SSSR count). The lowest BCUT2D eigenvalue weighted by Gasteiger charge is -2.00. The first-order valence-corrected chi connectivity index (χ1v) is 5.21. The quantitative estimate of drug-likeness (QED) is 0.803. The van der Waals surface area contributed by atoms with E-state index in [1.165, 1.54) is 10.9 Å². The molecule has 0 saturated carbocycles. The number of aromatic hydroxyl groups is 1. The molecule has 0 bridgehead atoms. The molecular weight excluding hydrogens is 188 g/mol. The van der Waals surface area contributed by atoms with Crippen LogP contribution in [-0.4, -0.2) is 16.7 Å². The van der Waals surface area contributed by atoms with E-state index in [0.717, 1.165) is 18.6 Å². The van der Waals surface area contributed by atoms with Crippen LogP contribution < -0.4 is 5.32 Å². The number of aromatic nitrogens is 1. The number of fused-ring (bicyclic) bond motifs is 1. The summed E-state index contributed by atoms with van der Waals surface area (Å²) in [5.74, 6) is 0.325. The highest BCUT2D eigenvalue weighted by atomic mass is 16.3. The third-order valence-electron chi connectivity index (χ3n) is 2.66. The molecule has 0 saturated heterocycles. The molecule has 0 radical (unpaired) electrons. The molecule has 1 heterocycles. The van der Waals surface area contributed by atoms with Crippen molar-refractivity contribution in [3.8, 4) is 5.75 Å². The Morgan fingerprint density at radius 3 is 2.87 bits per heavy atom. The van der Waals surface area contributed by atoms with Crippen LogP contribution in [0.3, 0.4) is 0 Å². The van der Waals surface area contributed by atoms with Crippen LogP contribution in [0.2, 0.25) is 0 Å². The van der Waals surface area contributed by atoms with E-state index in [0.29, 0.717) is 5.75 Å². The molecule has 0 atom stereocenters. The monoisotopic (exact) mass is 204 g/mol. The SMILES string of the molecule is CCn1cc(CNC)c2ccc(O)cc21. The minimum atomic E-state index is 0.325. The van der Waals surface area contributed by atoms with Gasteiger partial charge in [-0.05, 0) is 31.7 Å². The first kappa shape index (κ1) is 10.1. The standard InChI is InChI=1S/C12H16N2O/c1-3-14-8-9(7-13-2)11-5-4-10(15)6-12(11)14/h4-6,8,13,15H,3,7H2,1-2H3. The van der Waals surface area contributed by atoms with Crippen molar-refractivity contribution in [2.24, 2.45) is 0 Å². The highest BCUT2D eigenvalue weighted by Gasteiger charge is 2.07. The van der Waals surface area contributed by atoms with Gasteiger partial charge in [-0.3, -0.25) is 0 Å². The number of phenols is 1. The predicted molar refractivity (Wildman–Crippen MR) is 62.0 cm³/mol. The summed E-state index contributed by atoms with van der Waals surface area (Å²) in [5.41, 5.74) is 2.37. The van der Waals surface area contributed by atoms with Crippen LogP contribution in [0.4, 0.5) is 0 Å². The summed E-state index contributed by atoms with van der Waals surface area (Å²) < 4.78 is 2.15. The second-order valence-electron chi connectivity index (χ2n) is 3.67. The van der Waals surface area contributed by atoms with Crippen molar-refractivity contribution < 1.29 is 5.11 Å². The molecule has 0 fully saturated rings. The Hall–Kier alpha value is -1.48. The van der Waals surface area contributed by atoms with Crippen LogP contribution in [0.25, 0.3) is 10.9 Å². The van der Waals surface area contributed by atoms with Crippen LogP contribution >= 0.6 is 0 Å². The normalized spacial score (nSPS) is 11.1. The molecule has 0 aliphatic rings. The Balaban J connectivity index is 2.64. The Bertz CT molecular complexity index is 474. The third-order valence-corrected chi connectivity index (χ3v) is 2.66.